The minimum Gasteiger partial charge on any atom is -0.335 e. The van der Waals surface area contributed by atoms with E-state index in [1.165, 1.54) is 28.4 Å². The minimum atomic E-state index is -0.304. The van der Waals surface area contributed by atoms with Gasteiger partial charge in [-0.3, -0.25) is 9.59 Å². The van der Waals surface area contributed by atoms with E-state index in [4.69, 9.17) is 0 Å². The van der Waals surface area contributed by atoms with E-state index in [1.54, 1.807) is 30.1 Å². The molecule has 0 saturated heterocycles. The summed E-state index contributed by atoms with van der Waals surface area (Å²) in [5, 5.41) is 1.83. The minimum absolute atomic E-state index is 0.0100. The number of rotatable bonds is 6. The molecule has 6 heteroatoms. The smallest absolute Gasteiger partial charge is 0.264 e. The SMILES string of the molecule is CCN(C(=O)CN(C)C(=O)c1cccs1)[C@H](C)c1ccc(F)cc1. The summed E-state index contributed by atoms with van der Waals surface area (Å²) in [4.78, 5) is 28.6. The summed E-state index contributed by atoms with van der Waals surface area (Å²) in [5.74, 6) is -0.604. The molecule has 0 radical (unpaired) electrons. The number of hydrogen-bond acceptors (Lipinski definition) is 3. The van der Waals surface area contributed by atoms with E-state index in [9.17, 15) is 14.0 Å². The summed E-state index contributed by atoms with van der Waals surface area (Å²) in [6, 6.07) is 9.49. The average molecular weight is 348 g/mol. The molecule has 0 fully saturated rings. The number of amides is 2. The second-order valence-electron chi connectivity index (χ2n) is 5.55. The third-order valence-corrected chi connectivity index (χ3v) is 4.79. The van der Waals surface area contributed by atoms with Crippen LogP contribution in [-0.2, 0) is 4.79 Å². The van der Waals surface area contributed by atoms with E-state index >= 15 is 0 Å². The standard InChI is InChI=1S/C18H21FN2O2S/c1-4-21(13(2)14-7-9-15(19)10-8-14)17(22)12-20(3)18(23)16-6-5-11-24-16/h5-11,13H,4,12H2,1-3H3/t13-/m1/s1. The zero-order valence-corrected chi connectivity index (χ0v) is 14.8. The lowest BCUT2D eigenvalue weighted by Crippen LogP contribution is -2.42. The molecule has 0 bridgehead atoms. The van der Waals surface area contributed by atoms with Crippen LogP contribution in [0, 0.1) is 5.82 Å². The molecule has 0 N–H and O–H groups in total. The van der Waals surface area contributed by atoms with Gasteiger partial charge in [0.1, 0.15) is 5.82 Å². The van der Waals surface area contributed by atoms with E-state index in [0.29, 0.717) is 11.4 Å². The van der Waals surface area contributed by atoms with Gasteiger partial charge in [-0.1, -0.05) is 18.2 Å². The maximum absolute atomic E-state index is 13.1. The molecule has 0 saturated carbocycles. The molecule has 0 spiro atoms. The van der Waals surface area contributed by atoms with Crippen LogP contribution in [-0.4, -0.2) is 41.8 Å². The van der Waals surface area contributed by atoms with Crippen LogP contribution in [0.5, 0.6) is 0 Å². The first-order valence-electron chi connectivity index (χ1n) is 7.78. The van der Waals surface area contributed by atoms with Crippen molar-refractivity contribution in [3.63, 3.8) is 0 Å². The first-order valence-corrected chi connectivity index (χ1v) is 8.66. The molecule has 2 aromatic rings. The molecule has 24 heavy (non-hydrogen) atoms. The highest BCUT2D eigenvalue weighted by molar-refractivity contribution is 7.12. The fraction of sp³-hybridized carbons (Fsp3) is 0.333. The van der Waals surface area contributed by atoms with Gasteiger partial charge in [-0.15, -0.1) is 11.3 Å². The second kappa shape index (κ2) is 8.06. The molecule has 0 aliphatic rings. The van der Waals surface area contributed by atoms with Gasteiger partial charge >= 0.3 is 0 Å². The number of halogens is 1. The van der Waals surface area contributed by atoms with Crippen LogP contribution < -0.4 is 0 Å². The molecular weight excluding hydrogens is 327 g/mol. The van der Waals surface area contributed by atoms with E-state index in [0.717, 1.165) is 5.56 Å². The fourth-order valence-electron chi connectivity index (χ4n) is 2.54. The van der Waals surface area contributed by atoms with Crippen molar-refractivity contribution in [1.82, 2.24) is 9.80 Å². The van der Waals surface area contributed by atoms with Gasteiger partial charge in [0, 0.05) is 13.6 Å². The third kappa shape index (κ3) is 4.20. The largest absolute Gasteiger partial charge is 0.335 e. The quantitative estimate of drug-likeness (QED) is 0.801. The number of hydrogen-bond donors (Lipinski definition) is 0. The highest BCUT2D eigenvalue weighted by Crippen LogP contribution is 2.21. The van der Waals surface area contributed by atoms with Gasteiger partial charge in [-0.2, -0.15) is 0 Å². The highest BCUT2D eigenvalue weighted by atomic mass is 32.1. The first kappa shape index (κ1) is 18.1. The Balaban J connectivity index is 2.05. The van der Waals surface area contributed by atoms with Crippen molar-refractivity contribution >= 4 is 23.2 Å². The Morgan fingerprint density at radius 1 is 1.21 bits per heavy atom. The lowest BCUT2D eigenvalue weighted by molar-refractivity contribution is -0.133. The van der Waals surface area contributed by atoms with Gasteiger partial charge in [0.25, 0.3) is 5.91 Å². The van der Waals surface area contributed by atoms with E-state index in [2.05, 4.69) is 0 Å². The lowest BCUT2D eigenvalue weighted by Gasteiger charge is -2.30. The Bertz CT molecular complexity index is 686. The first-order chi connectivity index (χ1) is 11.4. The molecule has 0 aliphatic carbocycles. The summed E-state index contributed by atoms with van der Waals surface area (Å²) in [6.45, 7) is 4.31. The Morgan fingerprint density at radius 3 is 2.42 bits per heavy atom. The van der Waals surface area contributed by atoms with Crippen LogP contribution in [0.2, 0.25) is 0 Å². The summed E-state index contributed by atoms with van der Waals surface area (Å²) >= 11 is 1.35. The molecule has 2 rings (SSSR count). The molecule has 4 nitrogen and oxygen atoms in total. The van der Waals surface area contributed by atoms with Crippen molar-refractivity contribution in [3.8, 4) is 0 Å². The lowest BCUT2D eigenvalue weighted by atomic mass is 10.1. The number of carbonyl (C=O) groups excluding carboxylic acids is 2. The number of benzene rings is 1. The van der Waals surface area contributed by atoms with Crippen molar-refractivity contribution in [2.24, 2.45) is 0 Å². The fourth-order valence-corrected chi connectivity index (χ4v) is 3.26. The topological polar surface area (TPSA) is 40.6 Å². The van der Waals surface area contributed by atoms with E-state index in [1.807, 2.05) is 25.3 Å². The van der Waals surface area contributed by atoms with Crippen molar-refractivity contribution < 1.29 is 14.0 Å². The molecule has 1 atom stereocenters. The molecule has 0 unspecified atom stereocenters. The summed E-state index contributed by atoms with van der Waals surface area (Å²) in [6.07, 6.45) is 0. The van der Waals surface area contributed by atoms with Crippen molar-refractivity contribution in [2.75, 3.05) is 20.1 Å². The van der Waals surface area contributed by atoms with Gasteiger partial charge in [0.05, 0.1) is 17.5 Å². The summed E-state index contributed by atoms with van der Waals surface area (Å²) in [7, 11) is 1.62. The van der Waals surface area contributed by atoms with Crippen LogP contribution in [0.15, 0.2) is 41.8 Å². The van der Waals surface area contributed by atoms with Crippen LogP contribution >= 0.6 is 11.3 Å². The number of thiophene rings is 1. The average Bonchev–Trinajstić information content (AvgIpc) is 3.09. The summed E-state index contributed by atoms with van der Waals surface area (Å²) in [5.41, 5.74) is 0.860. The molecule has 1 aromatic carbocycles. The molecule has 0 aliphatic heterocycles. The Kier molecular flexibility index (Phi) is 6.09. The van der Waals surface area contributed by atoms with Crippen LogP contribution in [0.25, 0.3) is 0 Å². The van der Waals surface area contributed by atoms with Gasteiger partial charge in [0.2, 0.25) is 5.91 Å². The Labute approximate surface area is 145 Å². The second-order valence-corrected chi connectivity index (χ2v) is 6.49. The number of carbonyl (C=O) groups is 2. The van der Waals surface area contributed by atoms with Crippen LogP contribution in [0.1, 0.15) is 35.1 Å². The Hall–Kier alpha value is -2.21. The van der Waals surface area contributed by atoms with E-state index < -0.39 is 0 Å². The maximum Gasteiger partial charge on any atom is 0.264 e. The molecule has 2 amide bonds. The highest BCUT2D eigenvalue weighted by Gasteiger charge is 2.23. The monoisotopic (exact) mass is 348 g/mol. The van der Waals surface area contributed by atoms with Crippen molar-refractivity contribution in [3.05, 3.63) is 58.0 Å². The molecule has 1 heterocycles. The zero-order chi connectivity index (χ0) is 17.7. The summed E-state index contributed by atoms with van der Waals surface area (Å²) < 4.78 is 13.1. The molecular formula is C18H21FN2O2S. The predicted octanol–water partition coefficient (Wildman–Crippen LogP) is 3.57. The van der Waals surface area contributed by atoms with Gasteiger partial charge in [0.15, 0.2) is 0 Å². The van der Waals surface area contributed by atoms with Crippen LogP contribution in [0.4, 0.5) is 4.39 Å². The number of nitrogens with zero attached hydrogens (tertiary/aromatic N) is 2. The third-order valence-electron chi connectivity index (χ3n) is 3.93. The van der Waals surface area contributed by atoms with Gasteiger partial charge in [-0.25, -0.2) is 4.39 Å². The van der Waals surface area contributed by atoms with E-state index in [-0.39, 0.29) is 30.2 Å². The number of likely N-dealkylation sites (N-methyl/N-ethyl adjacent to an activating group) is 2. The van der Waals surface area contributed by atoms with Crippen molar-refractivity contribution in [1.29, 1.82) is 0 Å². The Morgan fingerprint density at radius 2 is 1.88 bits per heavy atom. The van der Waals surface area contributed by atoms with Crippen molar-refractivity contribution in [2.45, 2.75) is 19.9 Å². The molecule has 1 aromatic heterocycles. The van der Waals surface area contributed by atoms with Crippen LogP contribution in [0.3, 0.4) is 0 Å². The predicted molar refractivity (Wildman–Crippen MR) is 93.5 cm³/mol. The normalized spacial score (nSPS) is 11.8. The maximum atomic E-state index is 13.1. The zero-order valence-electron chi connectivity index (χ0n) is 14.0. The van der Waals surface area contributed by atoms with Gasteiger partial charge < -0.3 is 9.80 Å². The van der Waals surface area contributed by atoms with Gasteiger partial charge in [-0.05, 0) is 43.0 Å². The molecule has 128 valence electrons.